The Morgan fingerprint density at radius 2 is 1.97 bits per heavy atom. The zero-order valence-corrected chi connectivity index (χ0v) is 19.4. The summed E-state index contributed by atoms with van der Waals surface area (Å²) < 4.78 is 11.7. The molecule has 2 rings (SSSR count). The van der Waals surface area contributed by atoms with Crippen LogP contribution in [0.4, 0.5) is 5.69 Å². The molecule has 0 aliphatic carbocycles. The van der Waals surface area contributed by atoms with Crippen LogP contribution in [0.2, 0.25) is 0 Å². The second-order valence-electron chi connectivity index (χ2n) is 8.28. The summed E-state index contributed by atoms with van der Waals surface area (Å²) >= 11 is 0. The van der Waals surface area contributed by atoms with Crippen molar-refractivity contribution < 1.29 is 23.9 Å². The maximum Gasteiger partial charge on any atom is 0.257 e. The van der Waals surface area contributed by atoms with E-state index in [1.165, 1.54) is 0 Å². The minimum Gasteiger partial charge on any atom is -0.491 e. The van der Waals surface area contributed by atoms with Crippen molar-refractivity contribution in [2.45, 2.75) is 52.7 Å². The molecule has 1 N–H and O–H groups in total. The number of hydrogen-bond donors (Lipinski definition) is 1. The van der Waals surface area contributed by atoms with Gasteiger partial charge < -0.3 is 24.6 Å². The molecular formula is C23H35N3O5. The minimum absolute atomic E-state index is 0.0293. The molecule has 0 radical (unpaired) electrons. The number of carbonyl (C=O) groups is 3. The van der Waals surface area contributed by atoms with Crippen LogP contribution in [0.5, 0.6) is 5.75 Å². The topological polar surface area (TPSA) is 88.2 Å². The zero-order valence-electron chi connectivity index (χ0n) is 19.4. The van der Waals surface area contributed by atoms with Crippen molar-refractivity contribution in [1.82, 2.24) is 9.80 Å². The molecule has 0 aromatic heterocycles. The maximum absolute atomic E-state index is 13.1. The van der Waals surface area contributed by atoms with E-state index < -0.39 is 0 Å². The number of rotatable bonds is 4. The van der Waals surface area contributed by atoms with E-state index in [1.54, 1.807) is 49.1 Å². The molecule has 3 atom stereocenters. The molecule has 1 aromatic rings. The smallest absolute Gasteiger partial charge is 0.257 e. The second-order valence-corrected chi connectivity index (χ2v) is 8.28. The number of likely N-dealkylation sites (N-methyl/N-ethyl adjacent to an activating group) is 1. The van der Waals surface area contributed by atoms with Gasteiger partial charge in [0.2, 0.25) is 11.8 Å². The number of anilines is 1. The van der Waals surface area contributed by atoms with Gasteiger partial charge in [-0.3, -0.25) is 14.4 Å². The van der Waals surface area contributed by atoms with E-state index in [1.807, 2.05) is 20.8 Å². The zero-order chi connectivity index (χ0) is 23.1. The van der Waals surface area contributed by atoms with Crippen LogP contribution in [0.25, 0.3) is 0 Å². The Kier molecular flexibility index (Phi) is 8.86. The summed E-state index contributed by atoms with van der Waals surface area (Å²) in [7, 11) is 3.34. The quantitative estimate of drug-likeness (QED) is 0.789. The highest BCUT2D eigenvalue weighted by Gasteiger charge is 2.29. The molecule has 1 aliphatic heterocycles. The normalized spacial score (nSPS) is 22.6. The first kappa shape index (κ1) is 24.7. The number of nitrogens with zero attached hydrogens (tertiary/aromatic N) is 2. The molecule has 3 amide bonds. The highest BCUT2D eigenvalue weighted by Crippen LogP contribution is 2.27. The number of carbonyl (C=O) groups excluding carboxylic acids is 3. The number of benzene rings is 1. The van der Waals surface area contributed by atoms with Gasteiger partial charge in [-0.1, -0.05) is 13.8 Å². The molecule has 1 aliphatic rings. The fourth-order valence-electron chi connectivity index (χ4n) is 3.74. The number of amides is 3. The summed E-state index contributed by atoms with van der Waals surface area (Å²) in [6, 6.07) is 4.84. The molecule has 31 heavy (non-hydrogen) atoms. The number of hydrogen-bond acceptors (Lipinski definition) is 5. The Balaban J connectivity index is 2.41. The van der Waals surface area contributed by atoms with Crippen molar-refractivity contribution in [1.29, 1.82) is 0 Å². The third kappa shape index (κ3) is 6.43. The fourth-order valence-corrected chi connectivity index (χ4v) is 3.74. The molecule has 0 saturated carbocycles. The van der Waals surface area contributed by atoms with Crippen LogP contribution in [-0.2, 0) is 14.3 Å². The largest absolute Gasteiger partial charge is 0.491 e. The molecule has 172 valence electrons. The average Bonchev–Trinajstić information content (AvgIpc) is 2.72. The van der Waals surface area contributed by atoms with E-state index in [2.05, 4.69) is 5.32 Å². The third-order valence-electron chi connectivity index (χ3n) is 5.61. The summed E-state index contributed by atoms with van der Waals surface area (Å²) in [6.45, 7) is 8.52. The first-order chi connectivity index (χ1) is 14.7. The number of methoxy groups -OCH3 is 1. The van der Waals surface area contributed by atoms with E-state index in [-0.39, 0.29) is 42.4 Å². The highest BCUT2D eigenvalue weighted by atomic mass is 16.5. The van der Waals surface area contributed by atoms with E-state index in [4.69, 9.17) is 9.47 Å². The summed E-state index contributed by atoms with van der Waals surface area (Å²) in [5.41, 5.74) is 0.972. The van der Waals surface area contributed by atoms with Gasteiger partial charge in [0.15, 0.2) is 0 Å². The predicted octanol–water partition coefficient (Wildman–Crippen LogP) is 2.78. The van der Waals surface area contributed by atoms with Gasteiger partial charge in [-0.15, -0.1) is 0 Å². The first-order valence-electron chi connectivity index (χ1n) is 10.8. The summed E-state index contributed by atoms with van der Waals surface area (Å²) in [6.07, 6.45) is 0.939. The van der Waals surface area contributed by atoms with Gasteiger partial charge in [-0.25, -0.2) is 0 Å². The summed E-state index contributed by atoms with van der Waals surface area (Å²) in [5, 5.41) is 2.84. The number of ether oxygens (including phenoxy) is 2. The third-order valence-corrected chi connectivity index (χ3v) is 5.61. The van der Waals surface area contributed by atoms with Gasteiger partial charge >= 0.3 is 0 Å². The molecule has 0 bridgehead atoms. The van der Waals surface area contributed by atoms with Crippen LogP contribution >= 0.6 is 0 Å². The van der Waals surface area contributed by atoms with Crippen LogP contribution in [0, 0.1) is 5.92 Å². The monoisotopic (exact) mass is 433 g/mol. The van der Waals surface area contributed by atoms with E-state index in [0.717, 1.165) is 6.42 Å². The lowest BCUT2D eigenvalue weighted by atomic mass is 10.0. The fraction of sp³-hybridized carbons (Fsp3) is 0.609. The van der Waals surface area contributed by atoms with E-state index >= 15 is 0 Å². The Morgan fingerprint density at radius 3 is 2.58 bits per heavy atom. The van der Waals surface area contributed by atoms with Gasteiger partial charge in [0, 0.05) is 58.3 Å². The summed E-state index contributed by atoms with van der Waals surface area (Å²) in [4.78, 5) is 40.8. The lowest BCUT2D eigenvalue weighted by Gasteiger charge is -2.35. The van der Waals surface area contributed by atoms with Crippen molar-refractivity contribution in [3.05, 3.63) is 23.8 Å². The molecule has 8 nitrogen and oxygen atoms in total. The molecule has 0 saturated heterocycles. The van der Waals surface area contributed by atoms with E-state index in [9.17, 15) is 14.4 Å². The Labute approximate surface area is 184 Å². The molecule has 1 aromatic carbocycles. The van der Waals surface area contributed by atoms with Gasteiger partial charge in [0.1, 0.15) is 12.4 Å². The van der Waals surface area contributed by atoms with Crippen molar-refractivity contribution in [3.63, 3.8) is 0 Å². The molecular weight excluding hydrogens is 398 g/mol. The first-order valence-corrected chi connectivity index (χ1v) is 10.8. The predicted molar refractivity (Wildman–Crippen MR) is 119 cm³/mol. The maximum atomic E-state index is 13.1. The van der Waals surface area contributed by atoms with Crippen molar-refractivity contribution in [2.24, 2.45) is 5.92 Å². The van der Waals surface area contributed by atoms with Gasteiger partial charge in [-0.2, -0.15) is 0 Å². The van der Waals surface area contributed by atoms with Gasteiger partial charge in [0.05, 0.1) is 17.7 Å². The van der Waals surface area contributed by atoms with Crippen LogP contribution in [-0.4, -0.2) is 73.5 Å². The molecule has 0 unspecified atom stereocenters. The molecule has 0 fully saturated rings. The average molecular weight is 434 g/mol. The minimum atomic E-state index is -0.223. The van der Waals surface area contributed by atoms with Crippen LogP contribution in [0.1, 0.15) is 50.9 Å². The Morgan fingerprint density at radius 1 is 1.26 bits per heavy atom. The number of nitrogens with one attached hydrogen (secondary N) is 1. The van der Waals surface area contributed by atoms with Crippen molar-refractivity contribution in [2.75, 3.05) is 39.2 Å². The number of fused-ring (bicyclic) bond motifs is 1. The van der Waals surface area contributed by atoms with Crippen LogP contribution in [0.15, 0.2) is 18.2 Å². The van der Waals surface area contributed by atoms with Crippen molar-refractivity contribution >= 4 is 23.4 Å². The highest BCUT2D eigenvalue weighted by molar-refractivity contribution is 5.98. The molecule has 1 heterocycles. The van der Waals surface area contributed by atoms with Gasteiger partial charge in [-0.05, 0) is 25.5 Å². The second kappa shape index (κ2) is 11.1. The van der Waals surface area contributed by atoms with E-state index in [0.29, 0.717) is 36.5 Å². The lowest BCUT2D eigenvalue weighted by Crippen LogP contribution is -2.48. The molecule has 0 spiro atoms. The molecule has 8 heteroatoms. The standard InChI is InChI=1S/C23H35N3O5/c1-7-8-22(28)24-18-9-10-19-20(11-18)31-14-16(3)26(17(4)27)12-15(2)21(30-6)13-25(5)23(19)29/h9-11,15-16,21H,7-8,12-14H2,1-6H3,(H,24,28)/t15-,16-,21-/m0/s1. The SMILES string of the molecule is CCCC(=O)Nc1ccc2c(c1)OC[C@H](C)N(C(C)=O)C[C@H](C)[C@@H](OC)CN(C)C2=O. The van der Waals surface area contributed by atoms with Crippen LogP contribution < -0.4 is 10.1 Å². The van der Waals surface area contributed by atoms with Crippen molar-refractivity contribution in [3.8, 4) is 5.75 Å². The summed E-state index contributed by atoms with van der Waals surface area (Å²) in [5.74, 6) is 0.0882. The Hall–Kier alpha value is -2.61. The lowest BCUT2D eigenvalue weighted by molar-refractivity contribution is -0.133. The Bertz CT molecular complexity index is 797. The van der Waals surface area contributed by atoms with Gasteiger partial charge in [0.25, 0.3) is 5.91 Å². The van der Waals surface area contributed by atoms with Crippen LogP contribution in [0.3, 0.4) is 0 Å².